The summed E-state index contributed by atoms with van der Waals surface area (Å²) in [4.78, 5) is 53.3. The fourth-order valence-corrected chi connectivity index (χ4v) is 8.15. The Kier molecular flexibility index (Phi) is 9.70. The minimum absolute atomic E-state index is 0.160. The van der Waals surface area contributed by atoms with E-state index in [2.05, 4.69) is 43.8 Å². The average Bonchev–Trinajstić information content (AvgIpc) is 3.50. The number of fused-ring (bicyclic) bond motifs is 1. The Balaban J connectivity index is 1.39. The van der Waals surface area contributed by atoms with E-state index in [1.54, 1.807) is 13.0 Å². The molecule has 46 heavy (non-hydrogen) atoms. The van der Waals surface area contributed by atoms with E-state index in [-0.39, 0.29) is 24.5 Å². The van der Waals surface area contributed by atoms with Crippen molar-refractivity contribution >= 4 is 16.1 Å². The van der Waals surface area contributed by atoms with Crippen LogP contribution in [0.15, 0.2) is 50.0 Å². The number of aromatic nitrogens is 4. The van der Waals surface area contributed by atoms with E-state index in [1.165, 1.54) is 33.9 Å². The Labute approximate surface area is 265 Å². The third kappa shape index (κ3) is 7.01. The second kappa shape index (κ2) is 13.0. The van der Waals surface area contributed by atoms with Gasteiger partial charge in [0.15, 0.2) is 8.32 Å². The number of aromatic amines is 2. The highest BCUT2D eigenvalue weighted by Crippen LogP contribution is 2.56. The van der Waals surface area contributed by atoms with E-state index in [9.17, 15) is 28.8 Å². The van der Waals surface area contributed by atoms with Crippen LogP contribution in [0.4, 0.5) is 0 Å². The molecule has 3 aliphatic rings. The number of H-pyrrole nitrogens is 2. The van der Waals surface area contributed by atoms with Gasteiger partial charge in [-0.2, -0.15) is 0 Å². The summed E-state index contributed by atoms with van der Waals surface area (Å²) in [5, 5.41) is 9.94. The van der Waals surface area contributed by atoms with Crippen molar-refractivity contribution in [3.05, 3.63) is 78.0 Å². The van der Waals surface area contributed by atoms with Gasteiger partial charge in [-0.1, -0.05) is 20.8 Å². The van der Waals surface area contributed by atoms with Crippen molar-refractivity contribution in [2.24, 2.45) is 5.92 Å². The van der Waals surface area contributed by atoms with Crippen molar-refractivity contribution in [2.75, 3.05) is 13.2 Å². The first kappa shape index (κ1) is 34.4. The number of nitrogens with zero attached hydrogens (tertiary/aromatic N) is 2. The van der Waals surface area contributed by atoms with Gasteiger partial charge in [0.25, 0.3) is 11.1 Å². The quantitative estimate of drug-likeness (QED) is 0.270. The summed E-state index contributed by atoms with van der Waals surface area (Å²) in [6.07, 6.45) is 0.793. The first-order valence-corrected chi connectivity index (χ1v) is 19.4. The van der Waals surface area contributed by atoms with Gasteiger partial charge in [-0.3, -0.25) is 37.7 Å². The molecule has 3 aliphatic heterocycles. The standard InChI is InChI=1S/C28H41N4O12PSi/c1-16-13-32(27(37)30-24(16)35)22-12-18(44-46(5,6)28(2,3)4)20(41-22)15-40-45(38)39-11-7-8-17-23(43-45)19(14-33)42-25(17)31-10-9-21(34)29-26(31)36/h7,9-11,13,17-20,22-23,25,33H,8,12,14-15H2,1-6H3,(H,29,34,36)(H,30,35,37)/b11-7-/t17-,18-,19+,20+,22+,23-,25+,45?/m0/s1. The Morgan fingerprint density at radius 1 is 1.09 bits per heavy atom. The van der Waals surface area contributed by atoms with E-state index in [1.807, 2.05) is 0 Å². The lowest BCUT2D eigenvalue weighted by molar-refractivity contribution is -0.0570. The molecule has 0 radical (unpaired) electrons. The molecule has 0 spiro atoms. The molecule has 18 heteroatoms. The van der Waals surface area contributed by atoms with Gasteiger partial charge in [-0.25, -0.2) is 14.2 Å². The summed E-state index contributed by atoms with van der Waals surface area (Å²) in [7, 11) is -6.76. The number of nitrogens with one attached hydrogen (secondary N) is 2. The largest absolute Gasteiger partial charge is 0.529 e. The van der Waals surface area contributed by atoms with Crippen LogP contribution in [0.1, 0.15) is 51.6 Å². The normalized spacial score (nSPS) is 32.4. The number of aliphatic hydroxyl groups excluding tert-OH is 1. The molecule has 2 fully saturated rings. The number of aryl methyl sites for hydroxylation is 1. The number of allylic oxidation sites excluding steroid dienone is 1. The monoisotopic (exact) mass is 684 g/mol. The van der Waals surface area contributed by atoms with Gasteiger partial charge < -0.3 is 23.5 Å². The highest BCUT2D eigenvalue weighted by molar-refractivity contribution is 7.48. The molecule has 2 aromatic heterocycles. The zero-order valence-corrected chi connectivity index (χ0v) is 28.4. The van der Waals surface area contributed by atoms with Gasteiger partial charge in [0, 0.05) is 36.4 Å². The number of aliphatic hydroxyl groups is 1. The van der Waals surface area contributed by atoms with Crippen LogP contribution in [0, 0.1) is 12.8 Å². The molecule has 5 heterocycles. The number of phosphoric ester groups is 1. The van der Waals surface area contributed by atoms with Crippen LogP contribution in [0.5, 0.6) is 0 Å². The molecule has 0 bridgehead atoms. The average molecular weight is 685 g/mol. The highest BCUT2D eigenvalue weighted by atomic mass is 31.2. The van der Waals surface area contributed by atoms with Crippen LogP contribution < -0.4 is 22.5 Å². The van der Waals surface area contributed by atoms with Gasteiger partial charge >= 0.3 is 19.2 Å². The molecule has 0 aromatic carbocycles. The first-order valence-electron chi connectivity index (χ1n) is 15.0. The molecule has 8 atom stereocenters. The van der Waals surface area contributed by atoms with Gasteiger partial charge in [0.1, 0.15) is 30.8 Å². The van der Waals surface area contributed by atoms with Crippen molar-refractivity contribution in [2.45, 2.75) is 95.5 Å². The number of ether oxygens (including phenoxy) is 2. The number of phosphoric acid groups is 1. The van der Waals surface area contributed by atoms with E-state index < -0.39 is 88.0 Å². The molecule has 16 nitrogen and oxygen atoms in total. The number of hydrogen-bond acceptors (Lipinski definition) is 12. The smallest absolute Gasteiger partial charge is 0.412 e. The van der Waals surface area contributed by atoms with Crippen molar-refractivity contribution < 1.29 is 37.1 Å². The summed E-state index contributed by atoms with van der Waals surface area (Å²) in [5.41, 5.74) is -2.11. The van der Waals surface area contributed by atoms with E-state index in [0.717, 1.165) is 0 Å². The number of hydrogen-bond donors (Lipinski definition) is 3. The molecule has 0 saturated carbocycles. The van der Waals surface area contributed by atoms with Crippen molar-refractivity contribution in [3.8, 4) is 0 Å². The lowest BCUT2D eigenvalue weighted by Gasteiger charge is -2.39. The molecule has 0 aliphatic carbocycles. The zero-order chi connectivity index (χ0) is 33.6. The van der Waals surface area contributed by atoms with Gasteiger partial charge in [0.2, 0.25) is 0 Å². The zero-order valence-electron chi connectivity index (χ0n) is 26.5. The van der Waals surface area contributed by atoms with Crippen LogP contribution >= 0.6 is 7.82 Å². The van der Waals surface area contributed by atoms with Gasteiger partial charge in [-0.05, 0) is 37.6 Å². The Morgan fingerprint density at radius 3 is 2.48 bits per heavy atom. The third-order valence-corrected chi connectivity index (χ3v) is 14.9. The maximum Gasteiger partial charge on any atom is 0.529 e. The summed E-state index contributed by atoms with van der Waals surface area (Å²) >= 11 is 0. The maximum absolute atomic E-state index is 14.0. The first-order chi connectivity index (χ1) is 21.5. The minimum atomic E-state index is -4.38. The molecule has 5 rings (SSSR count). The lowest BCUT2D eigenvalue weighted by atomic mass is 9.96. The molecule has 2 aromatic rings. The van der Waals surface area contributed by atoms with Gasteiger partial charge in [-0.15, -0.1) is 0 Å². The predicted molar refractivity (Wildman–Crippen MR) is 166 cm³/mol. The van der Waals surface area contributed by atoms with E-state index >= 15 is 0 Å². The Bertz CT molecular complexity index is 1740. The van der Waals surface area contributed by atoms with E-state index in [4.69, 9.17) is 27.5 Å². The van der Waals surface area contributed by atoms with Crippen LogP contribution in [-0.4, -0.2) is 70.2 Å². The SMILES string of the molecule is Cc1cn([C@H]2C[C@H](O[Si](C)(C)C(C)(C)C)[C@@H](COP3(=O)O/C=C\C[C@H]4[C@H](O3)[C@@H](CO)O[C@H]4n3ccc(=O)[nH]c3=O)O2)c(=O)[nH]c1=O. The van der Waals surface area contributed by atoms with Gasteiger partial charge in [0.05, 0.1) is 25.6 Å². The molecule has 254 valence electrons. The molecule has 3 N–H and O–H groups in total. The number of rotatable bonds is 8. The molecule has 1 unspecified atom stereocenters. The Hall–Kier alpha value is -2.89. The summed E-state index contributed by atoms with van der Waals surface area (Å²) in [6.45, 7) is 11.1. The third-order valence-electron chi connectivity index (χ3n) is 9.01. The van der Waals surface area contributed by atoms with E-state index in [0.29, 0.717) is 5.56 Å². The second-order valence-electron chi connectivity index (χ2n) is 13.2. The molecule has 0 amide bonds. The topological polar surface area (TPSA) is 202 Å². The van der Waals surface area contributed by atoms with Crippen LogP contribution in [0.25, 0.3) is 0 Å². The second-order valence-corrected chi connectivity index (χ2v) is 19.5. The van der Waals surface area contributed by atoms with Crippen LogP contribution in [0.3, 0.4) is 0 Å². The molecular formula is C28H41N4O12PSi. The fourth-order valence-electron chi connectivity index (χ4n) is 5.47. The minimum Gasteiger partial charge on any atom is -0.412 e. The predicted octanol–water partition coefficient (Wildman–Crippen LogP) is 2.02. The fraction of sp³-hybridized carbons (Fsp3) is 0.643. The molecular weight excluding hydrogens is 643 g/mol. The summed E-state index contributed by atoms with van der Waals surface area (Å²) in [5.74, 6) is -0.616. The van der Waals surface area contributed by atoms with Crippen LogP contribution in [0.2, 0.25) is 18.1 Å². The summed E-state index contributed by atoms with van der Waals surface area (Å²) < 4.78 is 52.6. The highest BCUT2D eigenvalue weighted by Gasteiger charge is 2.52. The molecule has 2 saturated heterocycles. The Morgan fingerprint density at radius 2 is 1.80 bits per heavy atom. The lowest BCUT2D eigenvalue weighted by Crippen LogP contribution is -2.46. The maximum atomic E-state index is 14.0. The van der Waals surface area contributed by atoms with Crippen molar-refractivity contribution in [1.82, 2.24) is 19.1 Å². The van der Waals surface area contributed by atoms with Crippen LogP contribution in [-0.2, 0) is 32.0 Å². The summed E-state index contributed by atoms with van der Waals surface area (Å²) in [6, 6.07) is 1.17. The van der Waals surface area contributed by atoms with Crippen molar-refractivity contribution in [3.63, 3.8) is 0 Å². The van der Waals surface area contributed by atoms with Crippen molar-refractivity contribution in [1.29, 1.82) is 0 Å².